The van der Waals surface area contributed by atoms with Crippen LogP contribution in [0.1, 0.15) is 26.4 Å². The molecule has 1 aromatic heterocycles. The lowest BCUT2D eigenvalue weighted by molar-refractivity contribution is 0.0950. The van der Waals surface area contributed by atoms with E-state index in [1.54, 1.807) is 48.3 Å². The average Bonchev–Trinajstić information content (AvgIpc) is 2.73. The van der Waals surface area contributed by atoms with Crippen molar-refractivity contribution in [3.8, 4) is 0 Å². The van der Waals surface area contributed by atoms with Gasteiger partial charge in [0.15, 0.2) is 0 Å². The second kappa shape index (κ2) is 9.39. The van der Waals surface area contributed by atoms with Gasteiger partial charge in [0, 0.05) is 22.3 Å². The Labute approximate surface area is 172 Å². The number of carbonyl (C=O) groups is 2. The van der Waals surface area contributed by atoms with Gasteiger partial charge < -0.3 is 10.6 Å². The van der Waals surface area contributed by atoms with Crippen molar-refractivity contribution in [1.82, 2.24) is 10.3 Å². The van der Waals surface area contributed by atoms with Crippen molar-refractivity contribution in [2.45, 2.75) is 11.4 Å². The van der Waals surface area contributed by atoms with Gasteiger partial charge in [-0.15, -0.1) is 11.8 Å². The van der Waals surface area contributed by atoms with Gasteiger partial charge in [-0.1, -0.05) is 17.7 Å². The molecule has 5 nitrogen and oxygen atoms in total. The number of pyridine rings is 1. The molecule has 0 fully saturated rings. The Hall–Kier alpha value is -2.83. The first-order chi connectivity index (χ1) is 13.6. The van der Waals surface area contributed by atoms with Crippen LogP contribution in [0.3, 0.4) is 0 Å². The number of halogens is 1. The number of rotatable bonds is 6. The van der Waals surface area contributed by atoms with E-state index in [0.29, 0.717) is 23.4 Å². The number of anilines is 1. The van der Waals surface area contributed by atoms with Crippen molar-refractivity contribution in [3.05, 3.63) is 88.7 Å². The summed E-state index contributed by atoms with van der Waals surface area (Å²) in [6, 6.07) is 17.6. The molecule has 28 heavy (non-hydrogen) atoms. The summed E-state index contributed by atoms with van der Waals surface area (Å²) in [5.74, 6) is -0.544. The highest BCUT2D eigenvalue weighted by atomic mass is 35.5. The van der Waals surface area contributed by atoms with Gasteiger partial charge in [0.05, 0.1) is 22.8 Å². The van der Waals surface area contributed by atoms with Crippen LogP contribution in [0.15, 0.2) is 71.8 Å². The quantitative estimate of drug-likeness (QED) is 0.579. The topological polar surface area (TPSA) is 71.1 Å². The number of hydrogen-bond acceptors (Lipinski definition) is 4. The molecule has 0 aliphatic carbocycles. The Bertz CT molecular complexity index is 979. The van der Waals surface area contributed by atoms with E-state index in [1.165, 1.54) is 0 Å². The van der Waals surface area contributed by atoms with Crippen LogP contribution in [0.4, 0.5) is 5.69 Å². The summed E-state index contributed by atoms with van der Waals surface area (Å²) < 4.78 is 0. The fourth-order valence-electron chi connectivity index (χ4n) is 2.49. The molecule has 3 rings (SSSR count). The Morgan fingerprint density at radius 1 is 1.04 bits per heavy atom. The predicted molar refractivity (Wildman–Crippen MR) is 113 cm³/mol. The van der Waals surface area contributed by atoms with Gasteiger partial charge in [0.2, 0.25) is 0 Å². The first-order valence-corrected chi connectivity index (χ1v) is 10.1. The third kappa shape index (κ3) is 5.12. The van der Waals surface area contributed by atoms with Crippen molar-refractivity contribution in [2.75, 3.05) is 11.6 Å². The Balaban J connectivity index is 1.64. The number of benzene rings is 2. The fourth-order valence-corrected chi connectivity index (χ4v) is 3.17. The van der Waals surface area contributed by atoms with E-state index in [-0.39, 0.29) is 16.8 Å². The SMILES string of the molecule is CSc1ccc(C(=O)Nc2ccc(C(=O)NCc3ccccn3)c(Cl)c2)cc1. The van der Waals surface area contributed by atoms with Crippen LogP contribution in [-0.4, -0.2) is 23.1 Å². The van der Waals surface area contributed by atoms with E-state index >= 15 is 0 Å². The molecule has 0 unspecified atom stereocenters. The summed E-state index contributed by atoms with van der Waals surface area (Å²) in [6.07, 6.45) is 3.64. The summed E-state index contributed by atoms with van der Waals surface area (Å²) in [7, 11) is 0. The van der Waals surface area contributed by atoms with E-state index in [0.717, 1.165) is 10.6 Å². The molecule has 2 amide bonds. The number of nitrogens with zero attached hydrogens (tertiary/aromatic N) is 1. The molecule has 2 aromatic carbocycles. The molecule has 0 aliphatic heterocycles. The molecule has 0 saturated heterocycles. The van der Waals surface area contributed by atoms with Gasteiger partial charge in [0.1, 0.15) is 0 Å². The molecule has 0 spiro atoms. The number of amides is 2. The number of nitrogens with one attached hydrogen (secondary N) is 2. The van der Waals surface area contributed by atoms with Crippen molar-refractivity contribution < 1.29 is 9.59 Å². The number of thioether (sulfide) groups is 1. The Morgan fingerprint density at radius 3 is 2.46 bits per heavy atom. The molecule has 2 N–H and O–H groups in total. The Kier molecular flexibility index (Phi) is 6.68. The third-order valence-electron chi connectivity index (χ3n) is 3.98. The van der Waals surface area contributed by atoms with Gasteiger partial charge in [0.25, 0.3) is 11.8 Å². The van der Waals surface area contributed by atoms with Gasteiger partial charge in [-0.25, -0.2) is 0 Å². The molecule has 0 atom stereocenters. The number of hydrogen-bond donors (Lipinski definition) is 2. The minimum absolute atomic E-state index is 0.240. The zero-order chi connectivity index (χ0) is 19.9. The van der Waals surface area contributed by atoms with Crippen molar-refractivity contribution in [1.29, 1.82) is 0 Å². The van der Waals surface area contributed by atoms with E-state index in [9.17, 15) is 9.59 Å². The minimum Gasteiger partial charge on any atom is -0.346 e. The summed E-state index contributed by atoms with van der Waals surface area (Å²) in [5.41, 5.74) is 2.15. The van der Waals surface area contributed by atoms with E-state index in [4.69, 9.17) is 11.6 Å². The lowest BCUT2D eigenvalue weighted by atomic mass is 10.1. The molecular formula is C21H18ClN3O2S. The maximum atomic E-state index is 12.4. The zero-order valence-corrected chi connectivity index (χ0v) is 16.7. The second-order valence-corrected chi connectivity index (χ2v) is 7.17. The summed E-state index contributed by atoms with van der Waals surface area (Å²) in [4.78, 5) is 29.9. The monoisotopic (exact) mass is 411 g/mol. The van der Waals surface area contributed by atoms with E-state index in [1.807, 2.05) is 36.6 Å². The van der Waals surface area contributed by atoms with Crippen LogP contribution in [0.5, 0.6) is 0 Å². The fraction of sp³-hybridized carbons (Fsp3) is 0.0952. The number of aromatic nitrogens is 1. The van der Waals surface area contributed by atoms with Gasteiger partial charge >= 0.3 is 0 Å². The molecule has 142 valence electrons. The molecule has 0 saturated carbocycles. The molecule has 7 heteroatoms. The maximum Gasteiger partial charge on any atom is 0.255 e. The highest BCUT2D eigenvalue weighted by molar-refractivity contribution is 7.98. The van der Waals surface area contributed by atoms with Gasteiger partial charge in [-0.3, -0.25) is 14.6 Å². The van der Waals surface area contributed by atoms with E-state index in [2.05, 4.69) is 15.6 Å². The third-order valence-corrected chi connectivity index (χ3v) is 5.04. The largest absolute Gasteiger partial charge is 0.346 e. The van der Waals surface area contributed by atoms with Crippen molar-refractivity contribution >= 4 is 40.9 Å². The lowest BCUT2D eigenvalue weighted by Crippen LogP contribution is -2.23. The lowest BCUT2D eigenvalue weighted by Gasteiger charge is -2.10. The van der Waals surface area contributed by atoms with Crippen LogP contribution >= 0.6 is 23.4 Å². The average molecular weight is 412 g/mol. The van der Waals surface area contributed by atoms with Crippen LogP contribution in [-0.2, 0) is 6.54 Å². The van der Waals surface area contributed by atoms with Gasteiger partial charge in [-0.05, 0) is 60.9 Å². The Morgan fingerprint density at radius 2 is 1.82 bits per heavy atom. The maximum absolute atomic E-state index is 12.4. The van der Waals surface area contributed by atoms with Crippen LogP contribution in [0, 0.1) is 0 Å². The first-order valence-electron chi connectivity index (χ1n) is 8.50. The predicted octanol–water partition coefficient (Wildman–Crippen LogP) is 4.64. The molecule has 0 aliphatic rings. The second-order valence-electron chi connectivity index (χ2n) is 5.88. The molecular weight excluding hydrogens is 394 g/mol. The highest BCUT2D eigenvalue weighted by Crippen LogP contribution is 2.22. The van der Waals surface area contributed by atoms with Gasteiger partial charge in [-0.2, -0.15) is 0 Å². The van der Waals surface area contributed by atoms with E-state index < -0.39 is 0 Å². The van der Waals surface area contributed by atoms with Crippen LogP contribution in [0.2, 0.25) is 5.02 Å². The highest BCUT2D eigenvalue weighted by Gasteiger charge is 2.13. The summed E-state index contributed by atoms with van der Waals surface area (Å²) in [6.45, 7) is 0.306. The van der Waals surface area contributed by atoms with Crippen LogP contribution in [0.25, 0.3) is 0 Å². The van der Waals surface area contributed by atoms with Crippen LogP contribution < -0.4 is 10.6 Å². The molecule has 3 aromatic rings. The zero-order valence-electron chi connectivity index (χ0n) is 15.1. The summed E-state index contributed by atoms with van der Waals surface area (Å²) >= 11 is 7.86. The normalized spacial score (nSPS) is 10.4. The molecule has 0 bridgehead atoms. The molecule has 1 heterocycles. The standard InChI is InChI=1S/C21H18ClN3O2S/c1-28-17-8-5-14(6-9-17)20(26)25-15-7-10-18(19(22)12-15)21(27)24-13-16-4-2-3-11-23-16/h2-12H,13H2,1H3,(H,24,27)(H,25,26). The van der Waals surface area contributed by atoms with Crippen molar-refractivity contribution in [3.63, 3.8) is 0 Å². The molecule has 0 radical (unpaired) electrons. The smallest absolute Gasteiger partial charge is 0.255 e. The van der Waals surface area contributed by atoms with Crippen molar-refractivity contribution in [2.24, 2.45) is 0 Å². The summed E-state index contributed by atoms with van der Waals surface area (Å²) in [5, 5.41) is 5.82. The first kappa shape index (κ1) is 19.9. The minimum atomic E-state index is -0.304. The number of carbonyl (C=O) groups excluding carboxylic acids is 2.